The SMILES string of the molecule is Cc1ccc2n(c1=O)C(COC1CCC(C3CCC3)CC1)C(NS(C)(=O)=O)CC2. The largest absolute Gasteiger partial charge is 0.376 e. The van der Waals surface area contributed by atoms with Crippen molar-refractivity contribution >= 4 is 10.0 Å². The molecule has 0 aromatic carbocycles. The van der Waals surface area contributed by atoms with E-state index in [4.69, 9.17) is 4.74 Å². The summed E-state index contributed by atoms with van der Waals surface area (Å²) in [7, 11) is -3.36. The lowest BCUT2D eigenvalue weighted by Gasteiger charge is -2.39. The molecule has 0 saturated heterocycles. The van der Waals surface area contributed by atoms with Crippen LogP contribution in [0, 0.1) is 18.8 Å². The Hall–Kier alpha value is -1.18. The predicted octanol–water partition coefficient (Wildman–Crippen LogP) is 2.94. The van der Waals surface area contributed by atoms with Crippen molar-refractivity contribution in [3.8, 4) is 0 Å². The van der Waals surface area contributed by atoms with Crippen molar-refractivity contribution in [3.63, 3.8) is 0 Å². The molecule has 2 fully saturated rings. The summed E-state index contributed by atoms with van der Waals surface area (Å²) in [6.07, 6.45) is 11.6. The number of sulfonamides is 1. The summed E-state index contributed by atoms with van der Waals surface area (Å²) in [5.41, 5.74) is 1.61. The van der Waals surface area contributed by atoms with Crippen molar-refractivity contribution in [2.75, 3.05) is 12.9 Å². The number of aromatic nitrogens is 1. The molecule has 1 aromatic rings. The van der Waals surface area contributed by atoms with Gasteiger partial charge in [0.05, 0.1) is 25.0 Å². The standard InChI is InChI=1S/C22H34N2O4S/c1-15-6-9-18-10-13-20(23-29(2,26)27)21(24(18)22(15)25)14-28-19-11-7-17(8-12-19)16-4-3-5-16/h6,9,16-17,19-21,23H,3-5,7-8,10-14H2,1-2H3. The van der Waals surface area contributed by atoms with Crippen LogP contribution in [0.5, 0.6) is 0 Å². The fourth-order valence-corrected chi connectivity index (χ4v) is 6.24. The lowest BCUT2D eigenvalue weighted by molar-refractivity contribution is -0.0162. The highest BCUT2D eigenvalue weighted by atomic mass is 32.2. The fraction of sp³-hybridized carbons (Fsp3) is 0.773. The third kappa shape index (κ3) is 4.78. The molecule has 7 heteroatoms. The van der Waals surface area contributed by atoms with E-state index in [9.17, 15) is 13.2 Å². The first-order chi connectivity index (χ1) is 13.8. The van der Waals surface area contributed by atoms with Gasteiger partial charge in [0, 0.05) is 17.3 Å². The molecule has 1 aliphatic heterocycles. The zero-order chi connectivity index (χ0) is 20.6. The van der Waals surface area contributed by atoms with Crippen molar-refractivity contribution in [1.82, 2.24) is 9.29 Å². The lowest BCUT2D eigenvalue weighted by atomic mass is 9.70. The summed E-state index contributed by atoms with van der Waals surface area (Å²) in [5.74, 6) is 1.80. The number of aryl methyl sites for hydroxylation is 2. The number of fused-ring (bicyclic) bond motifs is 1. The lowest BCUT2D eigenvalue weighted by Crippen LogP contribution is -2.49. The number of hydrogen-bond acceptors (Lipinski definition) is 4. The minimum absolute atomic E-state index is 0.0372. The zero-order valence-electron chi connectivity index (χ0n) is 17.6. The minimum Gasteiger partial charge on any atom is -0.376 e. The van der Waals surface area contributed by atoms with Gasteiger partial charge in [0.2, 0.25) is 10.0 Å². The van der Waals surface area contributed by atoms with Crippen molar-refractivity contribution < 1.29 is 13.2 Å². The van der Waals surface area contributed by atoms with Crippen LogP contribution in [0.2, 0.25) is 0 Å². The monoisotopic (exact) mass is 422 g/mol. The number of hydrogen-bond donors (Lipinski definition) is 1. The van der Waals surface area contributed by atoms with Crippen LogP contribution in [0.4, 0.5) is 0 Å². The van der Waals surface area contributed by atoms with Gasteiger partial charge in [-0.15, -0.1) is 0 Å². The molecule has 2 heterocycles. The van der Waals surface area contributed by atoms with Crippen LogP contribution < -0.4 is 10.3 Å². The summed E-state index contributed by atoms with van der Waals surface area (Å²) in [5, 5.41) is 0. The number of rotatable bonds is 6. The molecule has 1 aromatic heterocycles. The Labute approximate surface area is 174 Å². The molecule has 0 spiro atoms. The molecule has 1 N–H and O–H groups in total. The number of nitrogens with zero attached hydrogens (tertiary/aromatic N) is 1. The predicted molar refractivity (Wildman–Crippen MR) is 114 cm³/mol. The first-order valence-corrected chi connectivity index (χ1v) is 13.0. The van der Waals surface area contributed by atoms with Gasteiger partial charge in [-0.1, -0.05) is 25.3 Å². The Morgan fingerprint density at radius 2 is 1.76 bits per heavy atom. The normalized spacial score (nSPS) is 30.6. The molecule has 2 unspecified atom stereocenters. The number of pyridine rings is 1. The smallest absolute Gasteiger partial charge is 0.254 e. The molecule has 3 aliphatic rings. The maximum absolute atomic E-state index is 12.9. The van der Waals surface area contributed by atoms with E-state index in [1.807, 2.05) is 19.1 Å². The maximum atomic E-state index is 12.9. The Bertz CT molecular complexity index is 883. The van der Waals surface area contributed by atoms with Crippen molar-refractivity contribution in [3.05, 3.63) is 33.7 Å². The maximum Gasteiger partial charge on any atom is 0.254 e. The van der Waals surface area contributed by atoms with Gasteiger partial charge < -0.3 is 9.30 Å². The van der Waals surface area contributed by atoms with E-state index in [0.717, 1.165) is 30.4 Å². The molecule has 2 aliphatic carbocycles. The van der Waals surface area contributed by atoms with Crippen molar-refractivity contribution in [2.24, 2.45) is 11.8 Å². The zero-order valence-corrected chi connectivity index (χ0v) is 18.4. The summed E-state index contributed by atoms with van der Waals surface area (Å²) in [4.78, 5) is 12.9. The van der Waals surface area contributed by atoms with Crippen LogP contribution in [0.1, 0.15) is 68.7 Å². The highest BCUT2D eigenvalue weighted by Gasteiger charge is 2.35. The van der Waals surface area contributed by atoms with Crippen molar-refractivity contribution in [1.29, 1.82) is 0 Å². The van der Waals surface area contributed by atoms with E-state index in [0.29, 0.717) is 25.0 Å². The van der Waals surface area contributed by atoms with Crippen LogP contribution in [0.15, 0.2) is 16.9 Å². The van der Waals surface area contributed by atoms with Crippen LogP contribution in [-0.4, -0.2) is 38.0 Å². The minimum atomic E-state index is -3.36. The quantitative estimate of drug-likeness (QED) is 0.765. The first-order valence-electron chi connectivity index (χ1n) is 11.1. The second-order valence-corrected chi connectivity index (χ2v) is 11.1. The molecule has 2 saturated carbocycles. The Balaban J connectivity index is 1.47. The fourth-order valence-electron chi connectivity index (χ4n) is 5.41. The molecule has 0 bridgehead atoms. The second kappa shape index (κ2) is 8.52. The van der Waals surface area contributed by atoms with Gasteiger partial charge in [-0.3, -0.25) is 4.79 Å². The highest BCUT2D eigenvalue weighted by Crippen LogP contribution is 2.41. The molecule has 162 valence electrons. The van der Waals surface area contributed by atoms with Crippen LogP contribution in [0.25, 0.3) is 0 Å². The summed E-state index contributed by atoms with van der Waals surface area (Å²) in [6.45, 7) is 2.19. The second-order valence-electron chi connectivity index (χ2n) is 9.35. The van der Waals surface area contributed by atoms with Crippen LogP contribution in [0.3, 0.4) is 0 Å². The Kier molecular flexibility index (Phi) is 6.19. The highest BCUT2D eigenvalue weighted by molar-refractivity contribution is 7.88. The van der Waals surface area contributed by atoms with Crippen LogP contribution >= 0.6 is 0 Å². The van der Waals surface area contributed by atoms with Gasteiger partial charge in [0.25, 0.3) is 5.56 Å². The van der Waals surface area contributed by atoms with Gasteiger partial charge in [-0.05, 0) is 63.4 Å². The van der Waals surface area contributed by atoms with E-state index in [1.165, 1.54) is 38.4 Å². The molecular formula is C22H34N2O4S. The van der Waals surface area contributed by atoms with Crippen LogP contribution in [-0.2, 0) is 21.2 Å². The third-order valence-electron chi connectivity index (χ3n) is 7.30. The Morgan fingerprint density at radius 3 is 2.38 bits per heavy atom. The molecule has 0 radical (unpaired) electrons. The van der Waals surface area contributed by atoms with E-state index in [2.05, 4.69) is 4.72 Å². The van der Waals surface area contributed by atoms with Gasteiger partial charge >= 0.3 is 0 Å². The van der Waals surface area contributed by atoms with E-state index < -0.39 is 10.0 Å². The summed E-state index contributed by atoms with van der Waals surface area (Å²) < 4.78 is 34.7. The van der Waals surface area contributed by atoms with Gasteiger partial charge in [0.15, 0.2) is 0 Å². The topological polar surface area (TPSA) is 77.4 Å². The summed E-state index contributed by atoms with van der Waals surface area (Å²) in [6, 6.07) is 3.23. The molecule has 4 rings (SSSR count). The van der Waals surface area contributed by atoms with E-state index in [-0.39, 0.29) is 23.7 Å². The average Bonchev–Trinajstić information content (AvgIpc) is 2.62. The average molecular weight is 423 g/mol. The Morgan fingerprint density at radius 1 is 1.07 bits per heavy atom. The molecular weight excluding hydrogens is 388 g/mol. The van der Waals surface area contributed by atoms with E-state index >= 15 is 0 Å². The van der Waals surface area contributed by atoms with E-state index in [1.54, 1.807) is 4.57 Å². The van der Waals surface area contributed by atoms with Gasteiger partial charge in [0.1, 0.15) is 0 Å². The molecule has 0 amide bonds. The van der Waals surface area contributed by atoms with Gasteiger partial charge in [-0.2, -0.15) is 0 Å². The third-order valence-corrected chi connectivity index (χ3v) is 8.03. The van der Waals surface area contributed by atoms with Crippen molar-refractivity contribution in [2.45, 2.75) is 82.9 Å². The number of nitrogens with one attached hydrogen (secondary N) is 1. The molecule has 29 heavy (non-hydrogen) atoms. The molecule has 6 nitrogen and oxygen atoms in total. The van der Waals surface area contributed by atoms with Gasteiger partial charge in [-0.25, -0.2) is 13.1 Å². The molecule has 2 atom stereocenters. The number of ether oxygens (including phenoxy) is 1. The first kappa shape index (κ1) is 21.1. The summed E-state index contributed by atoms with van der Waals surface area (Å²) >= 11 is 0.